The molecule has 0 aliphatic heterocycles. The Bertz CT molecular complexity index is 99.5. The van der Waals surface area contributed by atoms with Crippen LogP contribution in [0.4, 0.5) is 22.0 Å². The van der Waals surface area contributed by atoms with Gasteiger partial charge in [-0.25, -0.2) is 13.2 Å². The van der Waals surface area contributed by atoms with Crippen molar-refractivity contribution in [2.75, 3.05) is 0 Å². The van der Waals surface area contributed by atoms with E-state index in [1.165, 1.54) is 0 Å². The summed E-state index contributed by atoms with van der Waals surface area (Å²) in [5.41, 5.74) is 0. The smallest absolute Gasteiger partial charge is 0.216 e. The van der Waals surface area contributed by atoms with Crippen LogP contribution in [-0.4, -0.2) is 0 Å². The van der Waals surface area contributed by atoms with Gasteiger partial charge in [0.25, 0.3) is 6.08 Å². The molecule has 0 aromatic heterocycles. The van der Waals surface area contributed by atoms with Crippen molar-refractivity contribution in [1.82, 2.24) is 0 Å². The molecular weight excluding hydrogens is 167 g/mol. The zero-order valence-corrected chi connectivity index (χ0v) is 5.54. The molecule has 0 radical (unpaired) electrons. The average molecular weight is 174 g/mol. The molecular formula is C6H7F5. The van der Waals surface area contributed by atoms with Crippen LogP contribution in [-0.2, 0) is 0 Å². The van der Waals surface area contributed by atoms with E-state index in [2.05, 4.69) is 13.2 Å². The van der Waals surface area contributed by atoms with Gasteiger partial charge in [-0.2, -0.15) is 8.78 Å². The van der Waals surface area contributed by atoms with Crippen molar-refractivity contribution in [3.63, 3.8) is 0 Å². The predicted molar refractivity (Wildman–Crippen MR) is 34.0 cm³/mol. The van der Waals surface area contributed by atoms with Gasteiger partial charge < -0.3 is 0 Å². The van der Waals surface area contributed by atoms with Crippen molar-refractivity contribution >= 4 is 0 Å². The lowest BCUT2D eigenvalue weighted by molar-refractivity contribution is 0.426. The Labute approximate surface area is 61.3 Å². The quantitative estimate of drug-likeness (QED) is 0.488. The summed E-state index contributed by atoms with van der Waals surface area (Å²) in [6.07, 6.45) is -1.92. The molecule has 0 N–H and O–H groups in total. The Morgan fingerprint density at radius 2 is 1.09 bits per heavy atom. The summed E-state index contributed by atoms with van der Waals surface area (Å²) in [4.78, 5) is 0. The molecule has 0 heterocycles. The third kappa shape index (κ3) is 24800. The highest BCUT2D eigenvalue weighted by Crippen LogP contribution is 1.85. The molecule has 0 atom stereocenters. The molecule has 0 bridgehead atoms. The SMILES string of the molecule is C=C(F)F.C=CF.FC=CF. The Balaban J connectivity index is -0.0000000886. The number of halogens is 5. The molecule has 0 aromatic carbocycles. The molecule has 0 aliphatic rings. The molecule has 0 rings (SSSR count). The Kier molecular flexibility index (Phi) is 34.6. The van der Waals surface area contributed by atoms with E-state index in [1.54, 1.807) is 0 Å². The number of hydrogen-bond donors (Lipinski definition) is 0. The van der Waals surface area contributed by atoms with Gasteiger partial charge in [-0.15, -0.1) is 0 Å². The van der Waals surface area contributed by atoms with E-state index >= 15 is 0 Å². The van der Waals surface area contributed by atoms with E-state index in [-0.39, 0.29) is 19.0 Å². The van der Waals surface area contributed by atoms with E-state index in [0.29, 0.717) is 0 Å². The van der Waals surface area contributed by atoms with Gasteiger partial charge in [0.15, 0.2) is 0 Å². The Hall–Kier alpha value is -1.13. The summed E-state index contributed by atoms with van der Waals surface area (Å²) >= 11 is 0. The molecule has 0 aromatic rings. The minimum Gasteiger partial charge on any atom is -0.216 e. The van der Waals surface area contributed by atoms with Gasteiger partial charge in [0.1, 0.15) is 12.7 Å². The van der Waals surface area contributed by atoms with Crippen molar-refractivity contribution in [3.05, 3.63) is 38.2 Å². The molecule has 66 valence electrons. The molecule has 11 heavy (non-hydrogen) atoms. The van der Waals surface area contributed by atoms with Crippen LogP contribution in [0.3, 0.4) is 0 Å². The van der Waals surface area contributed by atoms with Crippen LogP contribution in [0.2, 0.25) is 0 Å². The molecule has 0 saturated carbocycles. The largest absolute Gasteiger partial charge is 0.263 e. The lowest BCUT2D eigenvalue weighted by Gasteiger charge is -1.54. The first-order valence-corrected chi connectivity index (χ1v) is 2.13. The second-order valence-electron chi connectivity index (χ2n) is 0.745. The minimum absolute atomic E-state index is 0.167. The highest BCUT2D eigenvalue weighted by Gasteiger charge is 1.65. The van der Waals surface area contributed by atoms with E-state index < -0.39 is 6.08 Å². The first kappa shape index (κ1) is 16.5. The third-order valence-electron chi connectivity index (χ3n) is 0.0476. The highest BCUT2D eigenvalue weighted by atomic mass is 19.3. The van der Waals surface area contributed by atoms with Gasteiger partial charge in [-0.1, -0.05) is 6.58 Å². The van der Waals surface area contributed by atoms with Crippen LogP contribution in [0.1, 0.15) is 0 Å². The summed E-state index contributed by atoms with van der Waals surface area (Å²) in [5.74, 6) is 0. The topological polar surface area (TPSA) is 0 Å². The van der Waals surface area contributed by atoms with Crippen LogP contribution in [0, 0.1) is 0 Å². The summed E-state index contributed by atoms with van der Waals surface area (Å²) in [7, 11) is 0. The summed E-state index contributed by atoms with van der Waals surface area (Å²) < 4.78 is 50.7. The summed E-state index contributed by atoms with van der Waals surface area (Å²) in [6, 6.07) is 0. The molecule has 0 nitrogen and oxygen atoms in total. The molecule has 0 amide bonds. The molecule has 0 aliphatic carbocycles. The summed E-state index contributed by atoms with van der Waals surface area (Å²) in [5, 5.41) is 0. The van der Waals surface area contributed by atoms with Crippen molar-refractivity contribution < 1.29 is 22.0 Å². The minimum atomic E-state index is -1.83. The number of hydrogen-bond acceptors (Lipinski definition) is 0. The van der Waals surface area contributed by atoms with Crippen LogP contribution in [0.25, 0.3) is 0 Å². The van der Waals surface area contributed by atoms with Crippen LogP contribution in [0.15, 0.2) is 38.2 Å². The molecule has 5 heteroatoms. The van der Waals surface area contributed by atoms with Crippen molar-refractivity contribution in [2.24, 2.45) is 0 Å². The maximum atomic E-state index is 10.2. The van der Waals surface area contributed by atoms with Crippen LogP contribution >= 0.6 is 0 Å². The Morgan fingerprint density at radius 1 is 1.00 bits per heavy atom. The lowest BCUT2D eigenvalue weighted by Crippen LogP contribution is -1.33. The van der Waals surface area contributed by atoms with Crippen LogP contribution in [0.5, 0.6) is 0 Å². The monoisotopic (exact) mass is 174 g/mol. The van der Waals surface area contributed by atoms with Gasteiger partial charge >= 0.3 is 0 Å². The van der Waals surface area contributed by atoms with Crippen molar-refractivity contribution in [1.29, 1.82) is 0 Å². The molecule has 0 saturated heterocycles. The van der Waals surface area contributed by atoms with Gasteiger partial charge in [0.05, 0.1) is 6.33 Å². The summed E-state index contributed by atoms with van der Waals surface area (Å²) in [6.45, 7) is 4.92. The fraction of sp³-hybridized carbons (Fsp3) is 0. The fourth-order valence-corrected chi connectivity index (χ4v) is 0. The molecule has 0 unspecified atom stereocenters. The third-order valence-corrected chi connectivity index (χ3v) is 0.0476. The van der Waals surface area contributed by atoms with Crippen molar-refractivity contribution in [3.8, 4) is 0 Å². The zero-order chi connectivity index (χ0) is 9.70. The first-order chi connectivity index (χ1) is 5.06. The van der Waals surface area contributed by atoms with Crippen LogP contribution < -0.4 is 0 Å². The highest BCUT2D eigenvalue weighted by molar-refractivity contribution is 4.57. The zero-order valence-electron chi connectivity index (χ0n) is 5.54. The van der Waals surface area contributed by atoms with Crippen molar-refractivity contribution in [2.45, 2.75) is 0 Å². The average Bonchev–Trinajstić information content (AvgIpc) is 1.88. The van der Waals surface area contributed by atoms with E-state index in [0.717, 1.165) is 0 Å². The van der Waals surface area contributed by atoms with Gasteiger partial charge in [-0.05, 0) is 6.58 Å². The molecule has 0 fully saturated rings. The van der Waals surface area contributed by atoms with E-state index in [4.69, 9.17) is 0 Å². The normalized spacial score (nSPS) is 7.00. The van der Waals surface area contributed by atoms with Gasteiger partial charge in [0.2, 0.25) is 0 Å². The fourth-order valence-electron chi connectivity index (χ4n) is 0. The Morgan fingerprint density at radius 3 is 1.09 bits per heavy atom. The second kappa shape index (κ2) is 23.2. The second-order valence-corrected chi connectivity index (χ2v) is 0.745. The molecule has 0 spiro atoms. The lowest BCUT2D eigenvalue weighted by atomic mass is 11.2. The van der Waals surface area contributed by atoms with Gasteiger partial charge in [0, 0.05) is 0 Å². The van der Waals surface area contributed by atoms with E-state index in [9.17, 15) is 22.0 Å². The van der Waals surface area contributed by atoms with Gasteiger partial charge in [-0.3, -0.25) is 0 Å². The standard InChI is InChI=1S/2C2H2F2.C2H3F/c1-2(3)4;3-1-2-4;1-2-3/h1H2;1-2H;2H,1H2. The van der Waals surface area contributed by atoms with E-state index in [1.807, 2.05) is 0 Å². The number of rotatable bonds is 0. The first-order valence-electron chi connectivity index (χ1n) is 2.13. The maximum Gasteiger partial charge on any atom is 0.263 e. The maximum absolute atomic E-state index is 10.2. The predicted octanol–water partition coefficient (Wildman–Crippen LogP) is 3.89.